The first kappa shape index (κ1) is 19.7. The Hall–Kier alpha value is -2.08. The van der Waals surface area contributed by atoms with Gasteiger partial charge in [-0.2, -0.15) is 0 Å². The number of amides is 1. The van der Waals surface area contributed by atoms with E-state index in [9.17, 15) is 4.79 Å². The second-order valence-corrected chi connectivity index (χ2v) is 8.63. The van der Waals surface area contributed by atoms with E-state index in [-0.39, 0.29) is 6.09 Å². The molecule has 0 atom stereocenters. The van der Waals surface area contributed by atoms with Crippen molar-refractivity contribution in [3.05, 3.63) is 29.2 Å². The molecule has 0 aromatic carbocycles. The summed E-state index contributed by atoms with van der Waals surface area (Å²) in [5.41, 5.74) is 0.628. The van der Waals surface area contributed by atoms with Crippen LogP contribution in [0, 0.1) is 0 Å². The summed E-state index contributed by atoms with van der Waals surface area (Å²) in [4.78, 5) is 25.3. The summed E-state index contributed by atoms with van der Waals surface area (Å²) in [5, 5.41) is 2.48. The topological polar surface area (TPSA) is 58.6 Å². The average molecular weight is 391 g/mol. The molecule has 1 aliphatic rings. The molecule has 0 N–H and O–H groups in total. The van der Waals surface area contributed by atoms with Crippen LogP contribution in [0.4, 0.5) is 10.6 Å². The van der Waals surface area contributed by atoms with Gasteiger partial charge < -0.3 is 9.64 Å². The van der Waals surface area contributed by atoms with Crippen LogP contribution in [0.3, 0.4) is 0 Å². The minimum atomic E-state index is -0.510. The molecule has 7 heteroatoms. The molecule has 2 aromatic rings. The third-order valence-electron chi connectivity index (χ3n) is 4.52. The van der Waals surface area contributed by atoms with Crippen LogP contribution < -0.4 is 4.90 Å². The van der Waals surface area contributed by atoms with Crippen molar-refractivity contribution in [2.24, 2.45) is 0 Å². The third kappa shape index (κ3) is 4.43. The van der Waals surface area contributed by atoms with Crippen LogP contribution in [0.1, 0.15) is 52.5 Å². The van der Waals surface area contributed by atoms with E-state index in [1.807, 2.05) is 33.0 Å². The molecule has 6 nitrogen and oxygen atoms in total. The SMILES string of the molecule is CC(C)c1cnc(N2CCCN(C(=O)OC(C)(C)C)C2)c2cnc(Cl)cc12. The van der Waals surface area contributed by atoms with Gasteiger partial charge in [0, 0.05) is 30.9 Å². The molecule has 146 valence electrons. The molecule has 2 aromatic heterocycles. The molecule has 3 heterocycles. The van der Waals surface area contributed by atoms with Gasteiger partial charge in [-0.25, -0.2) is 14.8 Å². The molecule has 3 rings (SSSR count). The Morgan fingerprint density at radius 3 is 2.59 bits per heavy atom. The lowest BCUT2D eigenvalue weighted by Gasteiger charge is -2.37. The largest absolute Gasteiger partial charge is 0.444 e. The Kier molecular flexibility index (Phi) is 5.47. The van der Waals surface area contributed by atoms with Gasteiger partial charge in [0.05, 0.1) is 6.67 Å². The summed E-state index contributed by atoms with van der Waals surface area (Å²) in [6, 6.07) is 1.90. The van der Waals surface area contributed by atoms with Gasteiger partial charge in [-0.1, -0.05) is 25.4 Å². The first-order valence-corrected chi connectivity index (χ1v) is 9.70. The number of hydrogen-bond donors (Lipinski definition) is 0. The maximum absolute atomic E-state index is 12.5. The van der Waals surface area contributed by atoms with E-state index in [0.29, 0.717) is 24.3 Å². The fourth-order valence-electron chi connectivity index (χ4n) is 3.28. The molecule has 0 radical (unpaired) electrons. The first-order chi connectivity index (χ1) is 12.7. The highest BCUT2D eigenvalue weighted by Gasteiger charge is 2.28. The van der Waals surface area contributed by atoms with E-state index in [4.69, 9.17) is 21.3 Å². The quantitative estimate of drug-likeness (QED) is 0.688. The Bertz CT molecular complexity index is 848. The summed E-state index contributed by atoms with van der Waals surface area (Å²) < 4.78 is 5.53. The van der Waals surface area contributed by atoms with Gasteiger partial charge in [0.1, 0.15) is 16.6 Å². The van der Waals surface area contributed by atoms with E-state index in [2.05, 4.69) is 23.7 Å². The summed E-state index contributed by atoms with van der Waals surface area (Å²) in [6.45, 7) is 11.8. The number of fused-ring (bicyclic) bond motifs is 1. The zero-order valence-corrected chi connectivity index (χ0v) is 17.4. The summed E-state index contributed by atoms with van der Waals surface area (Å²) in [6.07, 6.45) is 4.25. The van der Waals surface area contributed by atoms with E-state index < -0.39 is 5.60 Å². The minimum Gasteiger partial charge on any atom is -0.444 e. The van der Waals surface area contributed by atoms with Crippen molar-refractivity contribution in [1.82, 2.24) is 14.9 Å². The number of hydrogen-bond acceptors (Lipinski definition) is 5. The smallest absolute Gasteiger partial charge is 0.411 e. The van der Waals surface area contributed by atoms with Gasteiger partial charge in [0.25, 0.3) is 0 Å². The first-order valence-electron chi connectivity index (χ1n) is 9.33. The van der Waals surface area contributed by atoms with Crippen LogP contribution in [0.2, 0.25) is 5.15 Å². The van der Waals surface area contributed by atoms with Crippen molar-refractivity contribution in [3.63, 3.8) is 0 Å². The lowest BCUT2D eigenvalue weighted by molar-refractivity contribution is 0.0225. The van der Waals surface area contributed by atoms with Gasteiger partial charge in [0.15, 0.2) is 0 Å². The number of anilines is 1. The van der Waals surface area contributed by atoms with Crippen LogP contribution in [-0.4, -0.2) is 46.3 Å². The van der Waals surface area contributed by atoms with E-state index in [0.717, 1.165) is 35.1 Å². The molecule has 1 saturated heterocycles. The van der Waals surface area contributed by atoms with Crippen LogP contribution in [0.15, 0.2) is 18.5 Å². The molecular weight excluding hydrogens is 364 g/mol. The van der Waals surface area contributed by atoms with Gasteiger partial charge in [-0.15, -0.1) is 0 Å². The van der Waals surface area contributed by atoms with Crippen molar-refractivity contribution in [2.45, 2.75) is 52.6 Å². The molecule has 1 amide bonds. The predicted octanol–water partition coefficient (Wildman–Crippen LogP) is 4.81. The summed E-state index contributed by atoms with van der Waals surface area (Å²) >= 11 is 6.15. The number of rotatable bonds is 2. The lowest BCUT2D eigenvalue weighted by Crippen LogP contribution is -2.49. The average Bonchev–Trinajstić information content (AvgIpc) is 2.59. The Morgan fingerprint density at radius 2 is 1.93 bits per heavy atom. The van der Waals surface area contributed by atoms with Crippen molar-refractivity contribution in [2.75, 3.05) is 24.7 Å². The van der Waals surface area contributed by atoms with Crippen LogP contribution >= 0.6 is 11.6 Å². The molecule has 0 spiro atoms. The molecule has 1 fully saturated rings. The molecule has 27 heavy (non-hydrogen) atoms. The van der Waals surface area contributed by atoms with Gasteiger partial charge in [0.2, 0.25) is 0 Å². The predicted molar refractivity (Wildman–Crippen MR) is 108 cm³/mol. The van der Waals surface area contributed by atoms with Gasteiger partial charge >= 0.3 is 6.09 Å². The van der Waals surface area contributed by atoms with Crippen molar-refractivity contribution < 1.29 is 9.53 Å². The number of halogens is 1. The molecule has 0 bridgehead atoms. The van der Waals surface area contributed by atoms with E-state index in [1.165, 1.54) is 0 Å². The zero-order valence-electron chi connectivity index (χ0n) is 16.6. The van der Waals surface area contributed by atoms with Gasteiger partial charge in [-0.3, -0.25) is 4.90 Å². The Morgan fingerprint density at radius 1 is 1.19 bits per heavy atom. The number of aromatic nitrogens is 2. The normalized spacial score (nSPS) is 15.5. The number of nitrogens with zero attached hydrogens (tertiary/aromatic N) is 4. The maximum atomic E-state index is 12.5. The zero-order chi connectivity index (χ0) is 19.8. The third-order valence-corrected chi connectivity index (χ3v) is 4.73. The fourth-order valence-corrected chi connectivity index (χ4v) is 3.43. The van der Waals surface area contributed by atoms with Crippen molar-refractivity contribution >= 4 is 34.3 Å². The Balaban J connectivity index is 1.93. The minimum absolute atomic E-state index is 0.295. The molecule has 1 aliphatic heterocycles. The highest BCUT2D eigenvalue weighted by molar-refractivity contribution is 6.30. The lowest BCUT2D eigenvalue weighted by atomic mass is 9.99. The molecular formula is C20H27ClN4O2. The fraction of sp³-hybridized carbons (Fsp3) is 0.550. The maximum Gasteiger partial charge on any atom is 0.411 e. The number of carbonyl (C=O) groups is 1. The van der Waals surface area contributed by atoms with Crippen LogP contribution in [-0.2, 0) is 4.74 Å². The van der Waals surface area contributed by atoms with Crippen molar-refractivity contribution in [3.8, 4) is 0 Å². The molecule has 0 aliphatic carbocycles. The highest BCUT2D eigenvalue weighted by Crippen LogP contribution is 2.32. The number of pyridine rings is 2. The van der Waals surface area contributed by atoms with E-state index in [1.54, 1.807) is 11.1 Å². The standard InChI is InChI=1S/C20H27ClN4O2/c1-13(2)15-10-23-18(16-11-22-17(21)9-14(15)16)24-7-6-8-25(12-24)19(26)27-20(3,4)5/h9-11,13H,6-8,12H2,1-5H3. The summed E-state index contributed by atoms with van der Waals surface area (Å²) in [7, 11) is 0. The monoisotopic (exact) mass is 390 g/mol. The second-order valence-electron chi connectivity index (χ2n) is 8.25. The van der Waals surface area contributed by atoms with E-state index >= 15 is 0 Å². The summed E-state index contributed by atoms with van der Waals surface area (Å²) in [5.74, 6) is 1.15. The van der Waals surface area contributed by atoms with Gasteiger partial charge in [-0.05, 0) is 50.1 Å². The number of carbonyl (C=O) groups excluding carboxylic acids is 1. The second kappa shape index (κ2) is 7.50. The molecule has 0 unspecified atom stereocenters. The van der Waals surface area contributed by atoms with Crippen molar-refractivity contribution in [1.29, 1.82) is 0 Å². The van der Waals surface area contributed by atoms with Crippen LogP contribution in [0.25, 0.3) is 10.8 Å². The highest BCUT2D eigenvalue weighted by atomic mass is 35.5. The number of ether oxygens (including phenoxy) is 1. The van der Waals surface area contributed by atoms with Crippen LogP contribution in [0.5, 0.6) is 0 Å². The Labute approximate surface area is 165 Å². The molecule has 0 saturated carbocycles.